The third-order valence-corrected chi connectivity index (χ3v) is 4.10. The molecule has 24 heavy (non-hydrogen) atoms. The number of fused-ring (bicyclic) bond motifs is 1. The van der Waals surface area contributed by atoms with E-state index in [1.165, 1.54) is 0 Å². The van der Waals surface area contributed by atoms with E-state index in [1.807, 2.05) is 36.4 Å². The highest BCUT2D eigenvalue weighted by molar-refractivity contribution is 5.98. The first-order valence-corrected chi connectivity index (χ1v) is 7.64. The Morgan fingerprint density at radius 3 is 2.38 bits per heavy atom. The molecule has 0 saturated heterocycles. The molecule has 0 aliphatic rings. The van der Waals surface area contributed by atoms with E-state index >= 15 is 0 Å². The zero-order valence-electron chi connectivity index (χ0n) is 12.9. The zero-order chi connectivity index (χ0) is 16.5. The first kappa shape index (κ1) is 14.2. The Bertz CT molecular complexity index is 1040. The topological polar surface area (TPSA) is 77.6 Å². The van der Waals surface area contributed by atoms with Crippen molar-refractivity contribution in [2.45, 2.75) is 0 Å². The Morgan fingerprint density at radius 1 is 0.833 bits per heavy atom. The van der Waals surface area contributed by atoms with Gasteiger partial charge in [-0.25, -0.2) is 0 Å². The van der Waals surface area contributed by atoms with Crippen molar-refractivity contribution in [2.24, 2.45) is 5.73 Å². The van der Waals surface area contributed by atoms with Gasteiger partial charge in [0.2, 0.25) is 0 Å². The number of hydrogen-bond acceptors (Lipinski definition) is 2. The van der Waals surface area contributed by atoms with Gasteiger partial charge >= 0.3 is 0 Å². The van der Waals surface area contributed by atoms with E-state index < -0.39 is 0 Å². The van der Waals surface area contributed by atoms with Gasteiger partial charge in [-0.1, -0.05) is 41.6 Å². The van der Waals surface area contributed by atoms with Crippen LogP contribution in [0.3, 0.4) is 0 Å². The summed E-state index contributed by atoms with van der Waals surface area (Å²) in [5.74, 6) is 0.335. The summed E-state index contributed by atoms with van der Waals surface area (Å²) in [6, 6.07) is 22.4. The lowest BCUT2D eigenvalue weighted by atomic mass is 9.98. The fraction of sp³-hybridized carbons (Fsp3) is 0. The molecule has 1 aromatic heterocycles. The molecule has 0 saturated carbocycles. The van der Waals surface area contributed by atoms with Crippen molar-refractivity contribution in [3.8, 4) is 22.4 Å². The van der Waals surface area contributed by atoms with Crippen LogP contribution in [0.4, 0.5) is 0 Å². The van der Waals surface area contributed by atoms with Crippen LogP contribution in [0.1, 0.15) is 5.56 Å². The van der Waals surface area contributed by atoms with E-state index in [0.717, 1.165) is 38.7 Å². The monoisotopic (exact) mass is 314 g/mol. The normalized spacial score (nSPS) is 10.8. The van der Waals surface area contributed by atoms with Crippen molar-refractivity contribution in [2.75, 3.05) is 0 Å². The minimum atomic E-state index is 0.335. The molecule has 1 heterocycles. The number of aromatic nitrogens is 1. The van der Waals surface area contributed by atoms with E-state index in [4.69, 9.17) is 15.7 Å². The highest BCUT2D eigenvalue weighted by Crippen LogP contribution is 2.28. The predicted molar refractivity (Wildman–Crippen MR) is 95.1 cm³/mol. The Balaban J connectivity index is 1.78. The van der Waals surface area contributed by atoms with Gasteiger partial charge in [-0.05, 0) is 46.2 Å². The quantitative estimate of drug-likeness (QED) is 0.451. The molecule has 0 amide bonds. The van der Waals surface area contributed by atoms with E-state index in [9.17, 15) is 0 Å². The van der Waals surface area contributed by atoms with Gasteiger partial charge in [-0.3, -0.25) is 11.1 Å². The Labute approximate surface area is 139 Å². The molecule has 4 heteroatoms. The first-order chi connectivity index (χ1) is 11.7. The lowest BCUT2D eigenvalue weighted by molar-refractivity contribution is -0.114. The molecule has 0 aliphatic carbocycles. The summed E-state index contributed by atoms with van der Waals surface area (Å²) in [6.45, 7) is 0. The fourth-order valence-electron chi connectivity index (χ4n) is 2.82. The summed E-state index contributed by atoms with van der Waals surface area (Å²) >= 11 is 0. The summed E-state index contributed by atoms with van der Waals surface area (Å²) in [7, 11) is 0. The molecule has 4 aromatic rings. The maximum Gasteiger partial charge on any atom is 0.270 e. The van der Waals surface area contributed by atoms with E-state index in [1.54, 1.807) is 6.26 Å². The van der Waals surface area contributed by atoms with Crippen molar-refractivity contribution in [3.05, 3.63) is 78.6 Å². The number of nitrogens with two attached hydrogens (primary N) is 2. The number of benzene rings is 3. The van der Waals surface area contributed by atoms with Crippen LogP contribution in [0, 0.1) is 0 Å². The molecule has 0 atom stereocenters. The number of rotatable bonds is 3. The molecule has 0 fully saturated rings. The van der Waals surface area contributed by atoms with Crippen molar-refractivity contribution >= 4 is 16.6 Å². The highest BCUT2D eigenvalue weighted by atomic mass is 16.5. The van der Waals surface area contributed by atoms with Gasteiger partial charge in [0.25, 0.3) is 5.84 Å². The maximum atomic E-state index is 5.67. The molecule has 0 spiro atoms. The summed E-state index contributed by atoms with van der Waals surface area (Å²) in [5.41, 5.74) is 10.7. The van der Waals surface area contributed by atoms with Gasteiger partial charge in [0.1, 0.15) is 12.0 Å². The standard InChI is InChI=1S/C20H15N3O/c21-20(22)18-7-6-15-10-14(4-5-16(15)12-18)13-2-1-3-17(11-13)19-8-9-24-23-19/h1-12H,(H3,21,22)/p+1. The van der Waals surface area contributed by atoms with Crippen LogP contribution in [0.5, 0.6) is 0 Å². The van der Waals surface area contributed by atoms with Crippen molar-refractivity contribution < 1.29 is 9.93 Å². The number of nitrogens with zero attached hydrogens (tertiary/aromatic N) is 1. The second-order valence-corrected chi connectivity index (χ2v) is 5.70. The molecular formula is C20H16N3O+. The minimum absolute atomic E-state index is 0.335. The van der Waals surface area contributed by atoms with Crippen molar-refractivity contribution in [1.29, 1.82) is 0 Å². The summed E-state index contributed by atoms with van der Waals surface area (Å²) in [6.07, 6.45) is 1.58. The molecule has 0 aliphatic heterocycles. The Hall–Kier alpha value is -3.40. The van der Waals surface area contributed by atoms with Gasteiger partial charge in [0, 0.05) is 11.6 Å². The SMILES string of the molecule is NC(=[NH2+])c1ccc2cc(-c3cccc(-c4ccon4)c3)ccc2c1. The van der Waals surface area contributed by atoms with Crippen LogP contribution in [0.15, 0.2) is 77.5 Å². The van der Waals surface area contributed by atoms with Crippen LogP contribution in [0.2, 0.25) is 0 Å². The van der Waals surface area contributed by atoms with Gasteiger partial charge in [-0.2, -0.15) is 0 Å². The second-order valence-electron chi connectivity index (χ2n) is 5.70. The average Bonchev–Trinajstić information content (AvgIpc) is 3.15. The van der Waals surface area contributed by atoms with Crippen LogP contribution >= 0.6 is 0 Å². The molecule has 4 N–H and O–H groups in total. The summed E-state index contributed by atoms with van der Waals surface area (Å²) < 4.78 is 4.93. The third-order valence-electron chi connectivity index (χ3n) is 4.10. The second kappa shape index (κ2) is 5.66. The van der Waals surface area contributed by atoms with Gasteiger partial charge in [0.05, 0.1) is 5.56 Å². The summed E-state index contributed by atoms with van der Waals surface area (Å²) in [5, 5.41) is 11.9. The number of amidine groups is 1. The largest absolute Gasteiger partial charge is 0.364 e. The van der Waals surface area contributed by atoms with Gasteiger partial charge in [-0.15, -0.1) is 0 Å². The molecule has 4 nitrogen and oxygen atoms in total. The molecule has 3 aromatic carbocycles. The van der Waals surface area contributed by atoms with Crippen LogP contribution in [-0.4, -0.2) is 11.0 Å². The zero-order valence-corrected chi connectivity index (χ0v) is 12.9. The molecule has 116 valence electrons. The summed E-state index contributed by atoms with van der Waals surface area (Å²) in [4.78, 5) is 0. The molecule has 0 bridgehead atoms. The highest BCUT2D eigenvalue weighted by Gasteiger charge is 2.06. The first-order valence-electron chi connectivity index (χ1n) is 7.64. The third kappa shape index (κ3) is 2.54. The lowest BCUT2D eigenvalue weighted by Crippen LogP contribution is -2.46. The van der Waals surface area contributed by atoms with Gasteiger partial charge < -0.3 is 4.52 Å². The van der Waals surface area contributed by atoms with E-state index in [0.29, 0.717) is 5.84 Å². The predicted octanol–water partition coefficient (Wildman–Crippen LogP) is 2.63. The average molecular weight is 314 g/mol. The minimum Gasteiger partial charge on any atom is -0.364 e. The molecule has 4 rings (SSSR count). The van der Waals surface area contributed by atoms with Gasteiger partial charge in [0.15, 0.2) is 0 Å². The lowest BCUT2D eigenvalue weighted by Gasteiger charge is -2.06. The van der Waals surface area contributed by atoms with Crippen LogP contribution in [-0.2, 0) is 0 Å². The fourth-order valence-corrected chi connectivity index (χ4v) is 2.82. The van der Waals surface area contributed by atoms with Crippen LogP contribution < -0.4 is 11.1 Å². The molecule has 0 unspecified atom stereocenters. The smallest absolute Gasteiger partial charge is 0.270 e. The molecular weight excluding hydrogens is 298 g/mol. The van der Waals surface area contributed by atoms with Crippen LogP contribution in [0.25, 0.3) is 33.2 Å². The Kier molecular flexibility index (Phi) is 3.35. The van der Waals surface area contributed by atoms with E-state index in [-0.39, 0.29) is 0 Å². The van der Waals surface area contributed by atoms with E-state index in [2.05, 4.69) is 35.5 Å². The molecule has 0 radical (unpaired) electrons. The number of hydrogen-bond donors (Lipinski definition) is 2. The van der Waals surface area contributed by atoms with Crippen molar-refractivity contribution in [3.63, 3.8) is 0 Å². The maximum absolute atomic E-state index is 5.67. The van der Waals surface area contributed by atoms with Crippen molar-refractivity contribution in [1.82, 2.24) is 5.16 Å². The Morgan fingerprint density at radius 2 is 1.58 bits per heavy atom.